The molecular weight excluding hydrogens is 373 g/mol. The van der Waals surface area contributed by atoms with E-state index in [0.717, 1.165) is 22.9 Å². The van der Waals surface area contributed by atoms with Gasteiger partial charge >= 0.3 is 0 Å². The van der Waals surface area contributed by atoms with Crippen LogP contribution in [-0.4, -0.2) is 9.97 Å². The van der Waals surface area contributed by atoms with Crippen LogP contribution in [0.2, 0.25) is 5.15 Å². The van der Waals surface area contributed by atoms with Gasteiger partial charge in [-0.2, -0.15) is 0 Å². The Hall–Kier alpha value is -0.880. The van der Waals surface area contributed by atoms with Gasteiger partial charge in [-0.05, 0) is 66.6 Å². The summed E-state index contributed by atoms with van der Waals surface area (Å²) in [5.74, 6) is 2.17. The summed E-state index contributed by atoms with van der Waals surface area (Å²) in [6.07, 6.45) is 2.34. The predicted molar refractivity (Wildman–Crippen MR) is 86.2 cm³/mol. The van der Waals surface area contributed by atoms with Crippen LogP contribution in [0.4, 0.5) is 11.5 Å². The Kier molecular flexibility index (Phi) is 3.62. The van der Waals surface area contributed by atoms with Gasteiger partial charge in [-0.1, -0.05) is 11.6 Å². The maximum atomic E-state index is 6.19. The smallest absolute Gasteiger partial charge is 0.138 e. The third-order valence-electron chi connectivity index (χ3n) is 3.15. The lowest BCUT2D eigenvalue weighted by Gasteiger charge is -2.11. The van der Waals surface area contributed by atoms with Gasteiger partial charge in [0.1, 0.15) is 16.8 Å². The highest BCUT2D eigenvalue weighted by Crippen LogP contribution is 2.39. The molecule has 1 aromatic carbocycles. The maximum absolute atomic E-state index is 6.19. The highest BCUT2D eigenvalue weighted by Gasteiger charge is 2.28. The van der Waals surface area contributed by atoms with Crippen molar-refractivity contribution < 1.29 is 0 Å². The number of benzene rings is 1. The molecule has 0 spiro atoms. The third kappa shape index (κ3) is 3.00. The molecule has 1 fully saturated rings. The molecule has 1 saturated carbocycles. The van der Waals surface area contributed by atoms with E-state index in [0.29, 0.717) is 11.1 Å². The zero-order valence-corrected chi connectivity index (χ0v) is 13.4. The Morgan fingerprint density at radius 3 is 2.53 bits per heavy atom. The summed E-state index contributed by atoms with van der Waals surface area (Å²) in [6, 6.07) is 8.19. The van der Waals surface area contributed by atoms with Crippen LogP contribution in [0, 0.1) is 10.5 Å². The van der Waals surface area contributed by atoms with E-state index in [1.807, 2.05) is 19.1 Å². The quantitative estimate of drug-likeness (QED) is 0.616. The van der Waals surface area contributed by atoms with E-state index in [-0.39, 0.29) is 0 Å². The molecule has 5 heteroatoms. The molecule has 0 radical (unpaired) electrons. The summed E-state index contributed by atoms with van der Waals surface area (Å²) in [5, 5.41) is 3.87. The number of hydrogen-bond acceptors (Lipinski definition) is 3. The molecular formula is C14H13ClIN3. The third-order valence-corrected chi connectivity index (χ3v) is 4.24. The average molecular weight is 386 g/mol. The van der Waals surface area contributed by atoms with Crippen molar-refractivity contribution in [2.45, 2.75) is 25.7 Å². The molecule has 1 aliphatic rings. The minimum absolute atomic E-state index is 0.496. The first kappa shape index (κ1) is 13.1. The van der Waals surface area contributed by atoms with Crippen LogP contribution >= 0.6 is 34.2 Å². The summed E-state index contributed by atoms with van der Waals surface area (Å²) in [5.41, 5.74) is 1.91. The van der Waals surface area contributed by atoms with E-state index in [9.17, 15) is 0 Å². The van der Waals surface area contributed by atoms with Crippen molar-refractivity contribution in [1.82, 2.24) is 9.97 Å². The van der Waals surface area contributed by atoms with Crippen molar-refractivity contribution in [2.75, 3.05) is 5.32 Å². The minimum Gasteiger partial charge on any atom is -0.340 e. The summed E-state index contributed by atoms with van der Waals surface area (Å²) in [4.78, 5) is 8.97. The fourth-order valence-corrected chi connectivity index (χ4v) is 2.36. The van der Waals surface area contributed by atoms with Crippen molar-refractivity contribution in [3.05, 3.63) is 44.4 Å². The van der Waals surface area contributed by atoms with E-state index in [1.54, 1.807) is 0 Å². The Bertz CT molecular complexity index is 609. The predicted octanol–water partition coefficient (Wildman–Crippen LogP) is 4.66. The largest absolute Gasteiger partial charge is 0.340 e. The van der Waals surface area contributed by atoms with Gasteiger partial charge in [-0.3, -0.25) is 0 Å². The van der Waals surface area contributed by atoms with Gasteiger partial charge in [0, 0.05) is 20.7 Å². The van der Waals surface area contributed by atoms with Crippen molar-refractivity contribution in [3.8, 4) is 0 Å². The van der Waals surface area contributed by atoms with Crippen molar-refractivity contribution >= 4 is 45.7 Å². The monoisotopic (exact) mass is 385 g/mol. The highest BCUT2D eigenvalue weighted by molar-refractivity contribution is 14.1. The first-order valence-corrected chi connectivity index (χ1v) is 7.66. The number of halogens is 2. The molecule has 0 amide bonds. The summed E-state index contributed by atoms with van der Waals surface area (Å²) < 4.78 is 1.21. The van der Waals surface area contributed by atoms with Gasteiger partial charge in [0.15, 0.2) is 0 Å². The van der Waals surface area contributed by atoms with Gasteiger partial charge in [0.05, 0.1) is 0 Å². The SMILES string of the molecule is Cc1c(Cl)nc(C2CC2)nc1Nc1ccc(I)cc1. The average Bonchev–Trinajstić information content (AvgIpc) is 3.21. The molecule has 0 saturated heterocycles. The minimum atomic E-state index is 0.496. The van der Waals surface area contributed by atoms with Crippen LogP contribution in [0.1, 0.15) is 30.1 Å². The van der Waals surface area contributed by atoms with E-state index in [2.05, 4.69) is 50.0 Å². The van der Waals surface area contributed by atoms with Crippen LogP contribution in [0.25, 0.3) is 0 Å². The van der Waals surface area contributed by atoms with Crippen molar-refractivity contribution in [3.63, 3.8) is 0 Å². The second kappa shape index (κ2) is 5.25. The highest BCUT2D eigenvalue weighted by atomic mass is 127. The van der Waals surface area contributed by atoms with Gasteiger partial charge in [0.25, 0.3) is 0 Å². The first-order valence-electron chi connectivity index (χ1n) is 6.20. The molecule has 3 rings (SSSR count). The van der Waals surface area contributed by atoms with Gasteiger partial charge in [-0.25, -0.2) is 9.97 Å². The second-order valence-corrected chi connectivity index (χ2v) is 6.36. The molecule has 0 aliphatic heterocycles. The van der Waals surface area contributed by atoms with Crippen LogP contribution < -0.4 is 5.32 Å². The number of rotatable bonds is 3. The van der Waals surface area contributed by atoms with E-state index in [4.69, 9.17) is 11.6 Å². The summed E-state index contributed by atoms with van der Waals surface area (Å²) in [6.45, 7) is 1.94. The second-order valence-electron chi connectivity index (χ2n) is 4.75. The molecule has 1 heterocycles. The molecule has 2 aromatic rings. The molecule has 98 valence electrons. The number of anilines is 2. The number of hydrogen-bond donors (Lipinski definition) is 1. The lowest BCUT2D eigenvalue weighted by atomic mass is 10.3. The molecule has 1 aliphatic carbocycles. The number of aromatic nitrogens is 2. The van der Waals surface area contributed by atoms with Gasteiger partial charge in [0.2, 0.25) is 0 Å². The van der Waals surface area contributed by atoms with E-state index < -0.39 is 0 Å². The molecule has 19 heavy (non-hydrogen) atoms. The summed E-state index contributed by atoms with van der Waals surface area (Å²) >= 11 is 8.48. The Labute approximate surface area is 130 Å². The fourth-order valence-electron chi connectivity index (χ4n) is 1.82. The zero-order valence-electron chi connectivity index (χ0n) is 10.5. The lowest BCUT2D eigenvalue weighted by Crippen LogP contribution is -2.03. The van der Waals surface area contributed by atoms with Crippen molar-refractivity contribution in [2.24, 2.45) is 0 Å². The van der Waals surface area contributed by atoms with Crippen LogP contribution in [0.3, 0.4) is 0 Å². The zero-order chi connectivity index (χ0) is 13.4. The molecule has 3 nitrogen and oxygen atoms in total. The van der Waals surface area contributed by atoms with Gasteiger partial charge < -0.3 is 5.32 Å². The fraction of sp³-hybridized carbons (Fsp3) is 0.286. The number of nitrogens with zero attached hydrogens (tertiary/aromatic N) is 2. The molecule has 1 aromatic heterocycles. The maximum Gasteiger partial charge on any atom is 0.138 e. The van der Waals surface area contributed by atoms with Crippen LogP contribution in [0.15, 0.2) is 24.3 Å². The Balaban J connectivity index is 1.92. The summed E-state index contributed by atoms with van der Waals surface area (Å²) in [7, 11) is 0. The molecule has 0 bridgehead atoms. The Morgan fingerprint density at radius 2 is 1.89 bits per heavy atom. The Morgan fingerprint density at radius 1 is 1.21 bits per heavy atom. The van der Waals surface area contributed by atoms with Crippen molar-refractivity contribution in [1.29, 1.82) is 0 Å². The van der Waals surface area contributed by atoms with Crippen LogP contribution in [-0.2, 0) is 0 Å². The molecule has 0 atom stereocenters. The standard InChI is InChI=1S/C14H13ClIN3/c1-8-12(15)18-14(9-2-3-9)19-13(8)17-11-6-4-10(16)5-7-11/h4-7,9H,2-3H2,1H3,(H,17,18,19). The topological polar surface area (TPSA) is 37.8 Å². The molecule has 0 unspecified atom stereocenters. The first-order chi connectivity index (χ1) is 9.13. The van der Waals surface area contributed by atoms with E-state index in [1.165, 1.54) is 16.4 Å². The number of nitrogens with one attached hydrogen (secondary N) is 1. The normalized spacial score (nSPS) is 14.5. The van der Waals surface area contributed by atoms with E-state index >= 15 is 0 Å². The molecule has 1 N–H and O–H groups in total. The lowest BCUT2D eigenvalue weighted by molar-refractivity contribution is 0.922. The van der Waals surface area contributed by atoms with Crippen LogP contribution in [0.5, 0.6) is 0 Å². The van der Waals surface area contributed by atoms with Gasteiger partial charge in [-0.15, -0.1) is 0 Å².